The molecule has 8 nitrogen and oxygen atoms in total. The third-order valence-corrected chi connectivity index (χ3v) is 7.04. The first kappa shape index (κ1) is 22.6. The van der Waals surface area contributed by atoms with Crippen LogP contribution in [0, 0.1) is 0 Å². The summed E-state index contributed by atoms with van der Waals surface area (Å²) >= 11 is 5.90. The second-order valence-corrected chi connectivity index (χ2v) is 9.54. The van der Waals surface area contributed by atoms with Crippen LogP contribution in [0.2, 0.25) is 5.02 Å². The fraction of sp³-hybridized carbons (Fsp3) is 0.130. The van der Waals surface area contributed by atoms with E-state index in [0.717, 1.165) is 4.31 Å². The van der Waals surface area contributed by atoms with Crippen LogP contribution in [-0.4, -0.2) is 26.0 Å². The molecule has 0 bridgehead atoms. The number of nitrogens with zero attached hydrogens (tertiary/aromatic N) is 2. The summed E-state index contributed by atoms with van der Waals surface area (Å²) in [6.07, 6.45) is -0.0682. The van der Waals surface area contributed by atoms with E-state index in [9.17, 15) is 18.0 Å². The molecule has 0 aliphatic rings. The molecule has 10 heteroatoms. The van der Waals surface area contributed by atoms with Gasteiger partial charge in [0.2, 0.25) is 0 Å². The number of hydrogen-bond acceptors (Lipinski definition) is 6. The summed E-state index contributed by atoms with van der Waals surface area (Å²) in [5.41, 5.74) is 1.28. The summed E-state index contributed by atoms with van der Waals surface area (Å²) < 4.78 is 38.4. The van der Waals surface area contributed by atoms with Crippen molar-refractivity contribution < 1.29 is 22.4 Å². The standard InChI is InChI=1S/C23H19ClN2O6S/c1-25(33(29,30)19-5-3-2-4-6-19)17-8-10-18(11-9-17)31-22(27)13-14-26-20-12-7-16(24)15-21(20)32-23(26)28/h2-12,15H,13-14H2,1H3. The van der Waals surface area contributed by atoms with Crippen molar-refractivity contribution in [3.63, 3.8) is 0 Å². The number of benzene rings is 3. The number of rotatable bonds is 7. The molecule has 4 aromatic rings. The van der Waals surface area contributed by atoms with Crippen LogP contribution in [0.4, 0.5) is 5.69 Å². The van der Waals surface area contributed by atoms with Crippen LogP contribution in [0.3, 0.4) is 0 Å². The number of sulfonamides is 1. The number of aryl methyl sites for hydroxylation is 1. The average Bonchev–Trinajstić information content (AvgIpc) is 3.12. The lowest BCUT2D eigenvalue weighted by atomic mass is 10.3. The molecular formula is C23H19ClN2O6S. The highest BCUT2D eigenvalue weighted by Gasteiger charge is 2.21. The SMILES string of the molecule is CN(c1ccc(OC(=O)CCn2c(=O)oc3cc(Cl)ccc32)cc1)S(=O)(=O)c1ccccc1. The van der Waals surface area contributed by atoms with Crippen LogP contribution in [0.15, 0.2) is 86.9 Å². The summed E-state index contributed by atoms with van der Waals surface area (Å²) in [5, 5.41) is 0.438. The molecule has 170 valence electrons. The van der Waals surface area contributed by atoms with Gasteiger partial charge in [0.1, 0.15) is 5.75 Å². The van der Waals surface area contributed by atoms with E-state index in [-0.39, 0.29) is 23.6 Å². The van der Waals surface area contributed by atoms with Crippen molar-refractivity contribution in [1.29, 1.82) is 0 Å². The van der Waals surface area contributed by atoms with E-state index in [1.807, 2.05) is 0 Å². The topological polar surface area (TPSA) is 98.8 Å². The number of anilines is 1. The maximum Gasteiger partial charge on any atom is 0.419 e. The third kappa shape index (κ3) is 4.79. The predicted molar refractivity (Wildman–Crippen MR) is 124 cm³/mol. The van der Waals surface area contributed by atoms with Gasteiger partial charge in [-0.2, -0.15) is 0 Å². The van der Waals surface area contributed by atoms with Crippen molar-refractivity contribution in [2.24, 2.45) is 0 Å². The first-order chi connectivity index (χ1) is 15.8. The lowest BCUT2D eigenvalue weighted by molar-refractivity contribution is -0.134. The van der Waals surface area contributed by atoms with E-state index < -0.39 is 21.7 Å². The Morgan fingerprint density at radius 2 is 1.76 bits per heavy atom. The summed E-state index contributed by atoms with van der Waals surface area (Å²) in [4.78, 5) is 24.5. The van der Waals surface area contributed by atoms with Crippen molar-refractivity contribution in [3.8, 4) is 5.75 Å². The van der Waals surface area contributed by atoms with Gasteiger partial charge in [-0.15, -0.1) is 0 Å². The van der Waals surface area contributed by atoms with E-state index >= 15 is 0 Å². The molecule has 0 aliphatic carbocycles. The number of halogens is 1. The molecule has 33 heavy (non-hydrogen) atoms. The fourth-order valence-corrected chi connectivity index (χ4v) is 4.63. The molecule has 0 unspecified atom stereocenters. The molecule has 1 heterocycles. The van der Waals surface area contributed by atoms with Crippen LogP contribution < -0.4 is 14.8 Å². The van der Waals surface area contributed by atoms with Gasteiger partial charge < -0.3 is 9.15 Å². The molecule has 0 radical (unpaired) electrons. The minimum Gasteiger partial charge on any atom is -0.426 e. The summed E-state index contributed by atoms with van der Waals surface area (Å²) in [6, 6.07) is 19.0. The van der Waals surface area contributed by atoms with Crippen LogP contribution in [0.5, 0.6) is 5.75 Å². The molecule has 0 saturated heterocycles. The zero-order valence-electron chi connectivity index (χ0n) is 17.5. The predicted octanol–water partition coefficient (Wildman–Crippen LogP) is 4.07. The molecule has 0 saturated carbocycles. The smallest absolute Gasteiger partial charge is 0.419 e. The van der Waals surface area contributed by atoms with Gasteiger partial charge in [-0.3, -0.25) is 13.7 Å². The Morgan fingerprint density at radius 1 is 1.06 bits per heavy atom. The molecule has 1 aromatic heterocycles. The van der Waals surface area contributed by atoms with E-state index in [4.69, 9.17) is 20.8 Å². The number of aromatic nitrogens is 1. The second-order valence-electron chi connectivity index (χ2n) is 7.14. The number of carbonyl (C=O) groups excluding carboxylic acids is 1. The van der Waals surface area contributed by atoms with Gasteiger partial charge in [0.05, 0.1) is 22.5 Å². The number of fused-ring (bicyclic) bond motifs is 1. The Bertz CT molecular complexity index is 1460. The Labute approximate surface area is 194 Å². The third-order valence-electron chi connectivity index (χ3n) is 5.00. The molecule has 0 fully saturated rings. The van der Waals surface area contributed by atoms with Gasteiger partial charge >= 0.3 is 11.7 Å². The fourth-order valence-electron chi connectivity index (χ4n) is 3.25. The van der Waals surface area contributed by atoms with Crippen molar-refractivity contribution in [2.75, 3.05) is 11.4 Å². The number of oxazole rings is 1. The molecule has 0 spiro atoms. The van der Waals surface area contributed by atoms with E-state index in [1.165, 1.54) is 41.9 Å². The monoisotopic (exact) mass is 486 g/mol. The molecule has 4 rings (SSSR count). The lowest BCUT2D eigenvalue weighted by Gasteiger charge is -2.19. The summed E-state index contributed by atoms with van der Waals surface area (Å²) in [6.45, 7) is 0.0719. The lowest BCUT2D eigenvalue weighted by Crippen LogP contribution is -2.26. The maximum absolute atomic E-state index is 12.7. The second kappa shape index (κ2) is 9.13. The molecule has 0 amide bonds. The summed E-state index contributed by atoms with van der Waals surface area (Å²) in [7, 11) is -2.26. The summed E-state index contributed by atoms with van der Waals surface area (Å²) in [5.74, 6) is -0.888. The maximum atomic E-state index is 12.7. The van der Waals surface area contributed by atoms with Crippen molar-refractivity contribution >= 4 is 44.4 Å². The quantitative estimate of drug-likeness (QED) is 0.288. The van der Waals surface area contributed by atoms with E-state index in [2.05, 4.69) is 0 Å². The van der Waals surface area contributed by atoms with Crippen LogP contribution in [-0.2, 0) is 21.4 Å². The highest BCUT2D eigenvalue weighted by Crippen LogP contribution is 2.24. The van der Waals surface area contributed by atoms with Crippen molar-refractivity contribution in [2.45, 2.75) is 17.9 Å². The first-order valence-electron chi connectivity index (χ1n) is 9.89. The van der Waals surface area contributed by atoms with Gasteiger partial charge in [-0.05, 0) is 48.5 Å². The Morgan fingerprint density at radius 3 is 2.45 bits per heavy atom. The van der Waals surface area contributed by atoms with Gasteiger partial charge in [-0.1, -0.05) is 29.8 Å². The minimum absolute atomic E-state index is 0.0682. The number of hydrogen-bond donors (Lipinski definition) is 0. The Kier molecular flexibility index (Phi) is 6.26. The Hall–Kier alpha value is -3.56. The average molecular weight is 487 g/mol. The van der Waals surface area contributed by atoms with Gasteiger partial charge in [0.25, 0.3) is 10.0 Å². The van der Waals surface area contributed by atoms with Gasteiger partial charge in [0.15, 0.2) is 5.58 Å². The normalized spacial score (nSPS) is 11.5. The molecule has 0 atom stereocenters. The van der Waals surface area contributed by atoms with Crippen LogP contribution >= 0.6 is 11.6 Å². The molecule has 3 aromatic carbocycles. The Balaban J connectivity index is 1.41. The highest BCUT2D eigenvalue weighted by molar-refractivity contribution is 7.92. The number of carbonyl (C=O) groups is 1. The molecular weight excluding hydrogens is 468 g/mol. The zero-order valence-corrected chi connectivity index (χ0v) is 19.0. The van der Waals surface area contributed by atoms with E-state index in [1.54, 1.807) is 42.5 Å². The number of ether oxygens (including phenoxy) is 1. The van der Waals surface area contributed by atoms with Gasteiger partial charge in [0, 0.05) is 24.7 Å². The zero-order chi connectivity index (χ0) is 23.6. The minimum atomic E-state index is -3.71. The van der Waals surface area contributed by atoms with Gasteiger partial charge in [-0.25, -0.2) is 13.2 Å². The molecule has 0 aliphatic heterocycles. The van der Waals surface area contributed by atoms with Crippen molar-refractivity contribution in [3.05, 3.63) is 88.4 Å². The largest absolute Gasteiger partial charge is 0.426 e. The van der Waals surface area contributed by atoms with Crippen LogP contribution in [0.1, 0.15) is 6.42 Å². The van der Waals surface area contributed by atoms with E-state index in [0.29, 0.717) is 21.8 Å². The number of esters is 1. The molecule has 0 N–H and O–H groups in total. The van der Waals surface area contributed by atoms with Crippen molar-refractivity contribution in [1.82, 2.24) is 4.57 Å². The van der Waals surface area contributed by atoms with Crippen LogP contribution in [0.25, 0.3) is 11.1 Å². The first-order valence-corrected chi connectivity index (χ1v) is 11.7. The highest BCUT2D eigenvalue weighted by atomic mass is 35.5.